The number of hydrogen-bond donors (Lipinski definition) is 0. The fraction of sp³-hybridized carbons (Fsp3) is 0.105. The number of rotatable bonds is 5. The second-order valence-corrected chi connectivity index (χ2v) is 5.40. The van der Waals surface area contributed by atoms with Gasteiger partial charge in [0.2, 0.25) is 0 Å². The maximum Gasteiger partial charge on any atom is 0.198 e. The summed E-state index contributed by atoms with van der Waals surface area (Å²) in [6.45, 7) is 0. The van der Waals surface area contributed by atoms with Gasteiger partial charge in [0.15, 0.2) is 28.9 Å². The van der Waals surface area contributed by atoms with Crippen molar-refractivity contribution in [1.82, 2.24) is 19.7 Å². The van der Waals surface area contributed by atoms with Gasteiger partial charge in [-0.1, -0.05) is 6.07 Å². The van der Waals surface area contributed by atoms with Crippen molar-refractivity contribution in [2.45, 2.75) is 0 Å². The molecule has 0 unspecified atom stereocenters. The number of methoxy groups -OCH3 is 2. The van der Waals surface area contributed by atoms with Crippen molar-refractivity contribution in [1.29, 1.82) is 0 Å². The molecule has 0 bridgehead atoms. The maximum atomic E-state index is 5.55. The van der Waals surface area contributed by atoms with Crippen LogP contribution in [0.1, 0.15) is 0 Å². The summed E-state index contributed by atoms with van der Waals surface area (Å²) in [6, 6.07) is 12.9. The summed E-state index contributed by atoms with van der Waals surface area (Å²) in [7, 11) is 3.20. The average Bonchev–Trinajstić information content (AvgIpc) is 3.40. The zero-order chi connectivity index (χ0) is 17.9. The van der Waals surface area contributed by atoms with E-state index in [2.05, 4.69) is 15.1 Å². The third-order valence-electron chi connectivity index (χ3n) is 3.87. The SMILES string of the molecule is COc1cccc(-c2cc(-n3cccn3)nc(-c3ccco3)n2)c1OC. The first-order chi connectivity index (χ1) is 12.8. The van der Waals surface area contributed by atoms with Gasteiger partial charge < -0.3 is 13.9 Å². The molecule has 0 aliphatic heterocycles. The van der Waals surface area contributed by atoms with Crippen LogP contribution in [0, 0.1) is 0 Å². The summed E-state index contributed by atoms with van der Waals surface area (Å²) in [5.41, 5.74) is 1.46. The van der Waals surface area contributed by atoms with Crippen molar-refractivity contribution in [3.05, 3.63) is 61.1 Å². The van der Waals surface area contributed by atoms with E-state index in [9.17, 15) is 0 Å². The lowest BCUT2D eigenvalue weighted by atomic mass is 10.1. The van der Waals surface area contributed by atoms with Crippen LogP contribution >= 0.6 is 0 Å². The van der Waals surface area contributed by atoms with Gasteiger partial charge in [0.1, 0.15) is 0 Å². The molecule has 0 saturated heterocycles. The summed E-state index contributed by atoms with van der Waals surface area (Å²) in [6.07, 6.45) is 5.10. The topological polar surface area (TPSA) is 75.2 Å². The summed E-state index contributed by atoms with van der Waals surface area (Å²) in [5, 5.41) is 4.26. The van der Waals surface area contributed by atoms with E-state index >= 15 is 0 Å². The molecule has 130 valence electrons. The maximum absolute atomic E-state index is 5.55. The van der Waals surface area contributed by atoms with Crippen molar-refractivity contribution in [3.63, 3.8) is 0 Å². The van der Waals surface area contributed by atoms with Crippen molar-refractivity contribution in [2.24, 2.45) is 0 Å². The van der Waals surface area contributed by atoms with E-state index in [0.29, 0.717) is 34.6 Å². The van der Waals surface area contributed by atoms with E-state index in [1.807, 2.05) is 42.6 Å². The van der Waals surface area contributed by atoms with Gasteiger partial charge in [0.25, 0.3) is 0 Å². The van der Waals surface area contributed by atoms with Crippen LogP contribution in [0.3, 0.4) is 0 Å². The molecule has 0 aliphatic carbocycles. The predicted molar refractivity (Wildman–Crippen MR) is 95.4 cm³/mol. The second-order valence-electron chi connectivity index (χ2n) is 5.40. The van der Waals surface area contributed by atoms with Crippen LogP contribution in [-0.2, 0) is 0 Å². The Morgan fingerprint density at radius 2 is 1.92 bits per heavy atom. The van der Waals surface area contributed by atoms with E-state index in [-0.39, 0.29) is 0 Å². The van der Waals surface area contributed by atoms with Crippen LogP contribution in [0.4, 0.5) is 0 Å². The molecule has 0 spiro atoms. The number of nitrogens with zero attached hydrogens (tertiary/aromatic N) is 4. The summed E-state index contributed by atoms with van der Waals surface area (Å²) in [4.78, 5) is 9.22. The molecule has 0 amide bonds. The lowest BCUT2D eigenvalue weighted by Crippen LogP contribution is -2.03. The van der Waals surface area contributed by atoms with Gasteiger partial charge in [0.05, 0.1) is 26.2 Å². The summed E-state index contributed by atoms with van der Waals surface area (Å²) < 4.78 is 18.1. The Morgan fingerprint density at radius 3 is 2.62 bits per heavy atom. The molecular weight excluding hydrogens is 332 g/mol. The molecule has 0 saturated carbocycles. The normalized spacial score (nSPS) is 10.7. The molecule has 0 N–H and O–H groups in total. The first-order valence-electron chi connectivity index (χ1n) is 7.94. The second kappa shape index (κ2) is 6.72. The van der Waals surface area contributed by atoms with Gasteiger partial charge in [-0.05, 0) is 30.3 Å². The Hall–Kier alpha value is -3.61. The highest BCUT2D eigenvalue weighted by Gasteiger charge is 2.17. The Balaban J connectivity index is 1.94. The molecule has 3 heterocycles. The minimum Gasteiger partial charge on any atom is -0.493 e. The molecule has 0 atom stereocenters. The Bertz CT molecular complexity index is 959. The van der Waals surface area contributed by atoms with Gasteiger partial charge >= 0.3 is 0 Å². The molecule has 4 rings (SSSR count). The van der Waals surface area contributed by atoms with E-state index in [1.165, 1.54) is 0 Å². The minimum absolute atomic E-state index is 0.461. The van der Waals surface area contributed by atoms with Crippen LogP contribution in [0.5, 0.6) is 11.5 Å². The molecule has 3 aromatic heterocycles. The fourth-order valence-electron chi connectivity index (χ4n) is 2.70. The molecule has 4 aromatic rings. The minimum atomic E-state index is 0.461. The van der Waals surface area contributed by atoms with Crippen molar-refractivity contribution >= 4 is 0 Å². The third kappa shape index (κ3) is 2.79. The molecule has 26 heavy (non-hydrogen) atoms. The van der Waals surface area contributed by atoms with Crippen molar-refractivity contribution in [3.8, 4) is 40.2 Å². The monoisotopic (exact) mass is 348 g/mol. The molecule has 0 radical (unpaired) electrons. The van der Waals surface area contributed by atoms with Crippen LogP contribution in [0.2, 0.25) is 0 Å². The highest BCUT2D eigenvalue weighted by Crippen LogP contribution is 2.37. The predicted octanol–water partition coefficient (Wildman–Crippen LogP) is 3.61. The summed E-state index contributed by atoms with van der Waals surface area (Å²) >= 11 is 0. The lowest BCUT2D eigenvalue weighted by Gasteiger charge is -2.13. The highest BCUT2D eigenvalue weighted by molar-refractivity contribution is 5.73. The molecule has 0 fully saturated rings. The Morgan fingerprint density at radius 1 is 1.00 bits per heavy atom. The zero-order valence-electron chi connectivity index (χ0n) is 14.3. The van der Waals surface area contributed by atoms with Crippen molar-refractivity contribution in [2.75, 3.05) is 14.2 Å². The smallest absolute Gasteiger partial charge is 0.198 e. The first kappa shape index (κ1) is 15.9. The van der Waals surface area contributed by atoms with Gasteiger partial charge in [-0.15, -0.1) is 0 Å². The number of benzene rings is 1. The standard InChI is InChI=1S/C19H16N4O3/c1-24-15-7-3-6-13(18(15)25-2)14-12-17(23-10-5-9-20-23)22-19(21-14)16-8-4-11-26-16/h3-12H,1-2H3. The van der Waals surface area contributed by atoms with Crippen LogP contribution in [-0.4, -0.2) is 34.0 Å². The van der Waals surface area contributed by atoms with E-state index in [1.54, 1.807) is 37.4 Å². The van der Waals surface area contributed by atoms with E-state index in [0.717, 1.165) is 5.56 Å². The van der Waals surface area contributed by atoms with Gasteiger partial charge in [-0.2, -0.15) is 5.10 Å². The lowest BCUT2D eigenvalue weighted by molar-refractivity contribution is 0.356. The first-order valence-corrected chi connectivity index (χ1v) is 7.94. The number of furan rings is 1. The van der Waals surface area contributed by atoms with Crippen molar-refractivity contribution < 1.29 is 13.9 Å². The molecule has 7 nitrogen and oxygen atoms in total. The number of aromatic nitrogens is 4. The van der Waals surface area contributed by atoms with Crippen LogP contribution in [0.15, 0.2) is 65.5 Å². The quantitative estimate of drug-likeness (QED) is 0.548. The van der Waals surface area contributed by atoms with E-state index < -0.39 is 0 Å². The molecule has 7 heteroatoms. The Kier molecular flexibility index (Phi) is 4.10. The average molecular weight is 348 g/mol. The van der Waals surface area contributed by atoms with Gasteiger partial charge in [-0.25, -0.2) is 14.6 Å². The summed E-state index contributed by atoms with van der Waals surface area (Å²) in [5.74, 6) is 2.88. The van der Waals surface area contributed by atoms with Gasteiger partial charge in [-0.3, -0.25) is 0 Å². The van der Waals surface area contributed by atoms with E-state index in [4.69, 9.17) is 13.9 Å². The largest absolute Gasteiger partial charge is 0.493 e. The zero-order valence-corrected chi connectivity index (χ0v) is 14.3. The van der Waals surface area contributed by atoms with Crippen LogP contribution < -0.4 is 9.47 Å². The third-order valence-corrected chi connectivity index (χ3v) is 3.87. The molecule has 1 aromatic carbocycles. The number of ether oxygens (including phenoxy) is 2. The highest BCUT2D eigenvalue weighted by atomic mass is 16.5. The number of para-hydroxylation sites is 1. The van der Waals surface area contributed by atoms with Gasteiger partial charge in [0, 0.05) is 24.0 Å². The Labute approximate surface area is 149 Å². The van der Waals surface area contributed by atoms with Crippen LogP contribution in [0.25, 0.3) is 28.7 Å². The molecular formula is C19H16N4O3. The fourth-order valence-corrected chi connectivity index (χ4v) is 2.70. The molecule has 0 aliphatic rings. The number of hydrogen-bond acceptors (Lipinski definition) is 6.